The van der Waals surface area contributed by atoms with Gasteiger partial charge in [-0.3, -0.25) is 4.98 Å². The highest BCUT2D eigenvalue weighted by atomic mass is 14.7. The summed E-state index contributed by atoms with van der Waals surface area (Å²) in [6.07, 6.45) is 1.92. The highest BCUT2D eigenvalue weighted by Gasteiger charge is 2.23. The quantitative estimate of drug-likeness (QED) is 0.544. The van der Waals surface area contributed by atoms with Gasteiger partial charge in [0.05, 0.1) is 5.69 Å². The van der Waals surface area contributed by atoms with E-state index in [1.54, 1.807) is 0 Å². The van der Waals surface area contributed by atoms with Crippen molar-refractivity contribution < 1.29 is 0 Å². The van der Waals surface area contributed by atoms with Crippen molar-refractivity contribution in [1.29, 1.82) is 0 Å². The topological polar surface area (TPSA) is 12.9 Å². The summed E-state index contributed by atoms with van der Waals surface area (Å²) in [6.45, 7) is 11.3. The fraction of sp³-hybridized carbons (Fsp3) is 0.292. The molecule has 0 saturated heterocycles. The third kappa shape index (κ3) is 3.66. The molecule has 0 radical (unpaired) electrons. The van der Waals surface area contributed by atoms with Crippen molar-refractivity contribution >= 4 is 0 Å². The van der Waals surface area contributed by atoms with E-state index in [0.29, 0.717) is 0 Å². The summed E-state index contributed by atoms with van der Waals surface area (Å²) in [7, 11) is 0. The summed E-state index contributed by atoms with van der Waals surface area (Å²) < 4.78 is 0. The van der Waals surface area contributed by atoms with E-state index < -0.39 is 0 Å². The summed E-state index contributed by atoms with van der Waals surface area (Å²) >= 11 is 0. The minimum absolute atomic E-state index is 0.0513. The van der Waals surface area contributed by atoms with Crippen molar-refractivity contribution in [3.8, 4) is 11.3 Å². The van der Waals surface area contributed by atoms with Gasteiger partial charge in [0.1, 0.15) is 0 Å². The van der Waals surface area contributed by atoms with Gasteiger partial charge in [-0.15, -0.1) is 0 Å². The van der Waals surface area contributed by atoms with E-state index >= 15 is 0 Å². The van der Waals surface area contributed by atoms with Crippen molar-refractivity contribution in [2.45, 2.75) is 45.4 Å². The number of pyridine rings is 1. The van der Waals surface area contributed by atoms with Gasteiger partial charge in [0, 0.05) is 17.2 Å². The maximum absolute atomic E-state index is 4.61. The number of hydrogen-bond acceptors (Lipinski definition) is 1. The van der Waals surface area contributed by atoms with Crippen molar-refractivity contribution in [2.75, 3.05) is 0 Å². The third-order valence-electron chi connectivity index (χ3n) is 5.02. The molecule has 0 N–H and O–H groups in total. The molecule has 0 bridgehead atoms. The SMILES string of the molecule is CC(C)(C)c1ccc(-c2cc(C(C)(C)c3ccccc3)ccn2)cc1. The molecule has 0 amide bonds. The predicted molar refractivity (Wildman–Crippen MR) is 107 cm³/mol. The molecule has 0 aliphatic rings. The van der Waals surface area contributed by atoms with Gasteiger partial charge in [-0.25, -0.2) is 0 Å². The lowest BCUT2D eigenvalue weighted by molar-refractivity contribution is 0.590. The number of rotatable bonds is 3. The monoisotopic (exact) mass is 329 g/mol. The third-order valence-corrected chi connectivity index (χ3v) is 5.02. The Hall–Kier alpha value is -2.41. The van der Waals surface area contributed by atoms with Gasteiger partial charge in [0.15, 0.2) is 0 Å². The van der Waals surface area contributed by atoms with Crippen molar-refractivity contribution in [2.24, 2.45) is 0 Å². The number of aromatic nitrogens is 1. The van der Waals surface area contributed by atoms with Crippen LogP contribution in [0.4, 0.5) is 0 Å². The van der Waals surface area contributed by atoms with Crippen LogP contribution >= 0.6 is 0 Å². The standard InChI is InChI=1S/C24H27N/c1-23(2,3)19-13-11-18(12-14-19)22-17-21(15-16-25-22)24(4,5)20-9-7-6-8-10-20/h6-17H,1-5H3. The first-order valence-electron chi connectivity index (χ1n) is 8.91. The average Bonchev–Trinajstić information content (AvgIpc) is 2.62. The Morgan fingerprint density at radius 1 is 0.640 bits per heavy atom. The second kappa shape index (κ2) is 6.48. The molecule has 0 unspecified atom stereocenters. The van der Waals surface area contributed by atoms with Crippen LogP contribution in [0.5, 0.6) is 0 Å². The Morgan fingerprint density at radius 2 is 1.28 bits per heavy atom. The molecule has 128 valence electrons. The van der Waals surface area contributed by atoms with Gasteiger partial charge < -0.3 is 0 Å². The van der Waals surface area contributed by atoms with Gasteiger partial charge in [0.25, 0.3) is 0 Å². The normalized spacial score (nSPS) is 12.2. The van der Waals surface area contributed by atoms with E-state index in [1.807, 2.05) is 6.20 Å². The summed E-state index contributed by atoms with van der Waals surface area (Å²) in [6, 6.07) is 23.8. The van der Waals surface area contributed by atoms with Crippen LogP contribution in [0, 0.1) is 0 Å². The van der Waals surface area contributed by atoms with Crippen LogP contribution in [0.25, 0.3) is 11.3 Å². The maximum atomic E-state index is 4.61. The molecule has 3 rings (SSSR count). The molecule has 0 spiro atoms. The van der Waals surface area contributed by atoms with Gasteiger partial charge in [-0.2, -0.15) is 0 Å². The lowest BCUT2D eigenvalue weighted by atomic mass is 9.78. The van der Waals surface area contributed by atoms with Crippen molar-refractivity contribution in [3.05, 3.63) is 89.6 Å². The highest BCUT2D eigenvalue weighted by molar-refractivity contribution is 5.61. The zero-order valence-electron chi connectivity index (χ0n) is 15.9. The zero-order chi connectivity index (χ0) is 18.1. The average molecular weight is 329 g/mol. The predicted octanol–water partition coefficient (Wildman–Crippen LogP) is 6.37. The molecule has 1 heteroatoms. The summed E-state index contributed by atoms with van der Waals surface area (Å²) in [5.41, 5.74) is 6.25. The maximum Gasteiger partial charge on any atom is 0.0705 e. The molecule has 0 fully saturated rings. The molecule has 0 aliphatic heterocycles. The minimum atomic E-state index is -0.0513. The molecular weight excluding hydrogens is 302 g/mol. The van der Waals surface area contributed by atoms with E-state index in [9.17, 15) is 0 Å². The van der Waals surface area contributed by atoms with Crippen molar-refractivity contribution in [1.82, 2.24) is 4.98 Å². The van der Waals surface area contributed by atoms with Gasteiger partial charge in [-0.1, -0.05) is 89.2 Å². The van der Waals surface area contributed by atoms with E-state index in [4.69, 9.17) is 0 Å². The molecular formula is C24H27N. The van der Waals surface area contributed by atoms with Crippen LogP contribution in [-0.2, 0) is 10.8 Å². The molecule has 0 atom stereocenters. The Labute approximate surface area is 151 Å². The number of hydrogen-bond donors (Lipinski definition) is 0. The van der Waals surface area contributed by atoms with Crippen LogP contribution in [0.15, 0.2) is 72.9 Å². The molecule has 0 saturated carbocycles. The fourth-order valence-corrected chi connectivity index (χ4v) is 3.14. The molecule has 25 heavy (non-hydrogen) atoms. The van der Waals surface area contributed by atoms with E-state index in [0.717, 1.165) is 5.69 Å². The Balaban J connectivity index is 1.97. The largest absolute Gasteiger partial charge is 0.256 e. The minimum Gasteiger partial charge on any atom is -0.256 e. The van der Waals surface area contributed by atoms with E-state index in [1.165, 1.54) is 22.3 Å². The number of benzene rings is 2. The van der Waals surface area contributed by atoms with Crippen LogP contribution in [-0.4, -0.2) is 4.98 Å². The number of nitrogens with zero attached hydrogens (tertiary/aromatic N) is 1. The molecule has 1 nitrogen and oxygen atoms in total. The zero-order valence-corrected chi connectivity index (χ0v) is 15.9. The molecule has 0 aliphatic carbocycles. The summed E-state index contributed by atoms with van der Waals surface area (Å²) in [5, 5.41) is 0. The highest BCUT2D eigenvalue weighted by Crippen LogP contribution is 2.33. The second-order valence-electron chi connectivity index (χ2n) is 8.25. The van der Waals surface area contributed by atoms with Gasteiger partial charge in [-0.05, 0) is 34.2 Å². The van der Waals surface area contributed by atoms with Gasteiger partial charge >= 0.3 is 0 Å². The first kappa shape index (κ1) is 17.4. The van der Waals surface area contributed by atoms with Crippen LogP contribution in [0.1, 0.15) is 51.3 Å². The van der Waals surface area contributed by atoms with Crippen LogP contribution < -0.4 is 0 Å². The van der Waals surface area contributed by atoms with Crippen molar-refractivity contribution in [3.63, 3.8) is 0 Å². The Kier molecular flexibility index (Phi) is 4.51. The fourth-order valence-electron chi connectivity index (χ4n) is 3.14. The summed E-state index contributed by atoms with van der Waals surface area (Å²) in [4.78, 5) is 4.61. The Morgan fingerprint density at radius 3 is 1.88 bits per heavy atom. The van der Waals surface area contributed by atoms with Crippen LogP contribution in [0.3, 0.4) is 0 Å². The van der Waals surface area contributed by atoms with Gasteiger partial charge in [0.2, 0.25) is 0 Å². The lowest BCUT2D eigenvalue weighted by Crippen LogP contribution is -2.19. The molecule has 1 aromatic heterocycles. The first-order chi connectivity index (χ1) is 11.8. The first-order valence-corrected chi connectivity index (χ1v) is 8.91. The van der Waals surface area contributed by atoms with E-state index in [-0.39, 0.29) is 10.8 Å². The molecule has 1 heterocycles. The molecule has 2 aromatic carbocycles. The smallest absolute Gasteiger partial charge is 0.0705 e. The van der Waals surface area contributed by atoms with E-state index in [2.05, 4.69) is 106 Å². The summed E-state index contributed by atoms with van der Waals surface area (Å²) in [5.74, 6) is 0. The lowest BCUT2D eigenvalue weighted by Gasteiger charge is -2.26. The second-order valence-corrected chi connectivity index (χ2v) is 8.25. The molecule has 3 aromatic rings. The Bertz CT molecular complexity index is 837. The van der Waals surface area contributed by atoms with Crippen LogP contribution in [0.2, 0.25) is 0 Å².